The highest BCUT2D eigenvalue weighted by atomic mass is 32.2. The molecule has 0 saturated carbocycles. The van der Waals surface area contributed by atoms with Crippen LogP contribution in [0.4, 0.5) is 4.39 Å². The van der Waals surface area contributed by atoms with Crippen LogP contribution in [0.3, 0.4) is 0 Å². The van der Waals surface area contributed by atoms with Crippen molar-refractivity contribution >= 4 is 34.2 Å². The second-order valence-electron chi connectivity index (χ2n) is 7.49. The Morgan fingerprint density at radius 1 is 1.06 bits per heavy atom. The van der Waals surface area contributed by atoms with E-state index in [2.05, 4.69) is 4.98 Å². The fraction of sp³-hybridized carbons (Fsp3) is 0.240. The number of carbonyl (C=O) groups excluding carboxylic acids is 1. The number of ether oxygens (including phenoxy) is 2. The topological polar surface area (TPSA) is 51.7 Å². The summed E-state index contributed by atoms with van der Waals surface area (Å²) in [5.74, 6) is 0.865. The molecule has 2 aromatic carbocycles. The number of rotatable bonds is 9. The molecule has 1 aromatic heterocycles. The number of thiocarbonyl (C=S) groups is 1. The van der Waals surface area contributed by atoms with E-state index in [4.69, 9.17) is 21.7 Å². The average molecular weight is 483 g/mol. The molecular weight excluding hydrogens is 459 g/mol. The highest BCUT2D eigenvalue weighted by Crippen LogP contribution is 2.34. The zero-order valence-corrected chi connectivity index (χ0v) is 19.7. The minimum Gasteiger partial charge on any atom is -0.490 e. The van der Waals surface area contributed by atoms with Gasteiger partial charge in [-0.2, -0.15) is 0 Å². The number of hydrogen-bond acceptors (Lipinski definition) is 6. The van der Waals surface area contributed by atoms with Crippen LogP contribution < -0.4 is 9.47 Å². The first-order valence-corrected chi connectivity index (χ1v) is 11.9. The Morgan fingerprint density at radius 3 is 2.67 bits per heavy atom. The molecule has 1 amide bonds. The lowest BCUT2D eigenvalue weighted by Gasteiger charge is -2.16. The molecule has 1 aliphatic heterocycles. The van der Waals surface area contributed by atoms with Gasteiger partial charge in [0.1, 0.15) is 16.7 Å². The second-order valence-corrected chi connectivity index (χ2v) is 9.33. The van der Waals surface area contributed by atoms with Crippen LogP contribution in [-0.2, 0) is 24.4 Å². The number of halogens is 1. The lowest BCUT2D eigenvalue weighted by atomic mass is 10.1. The molecular formula is C25H23FN2O3S2. The Kier molecular flexibility index (Phi) is 7.57. The summed E-state index contributed by atoms with van der Waals surface area (Å²) in [6.07, 6.45) is 3.97. The van der Waals surface area contributed by atoms with E-state index in [1.165, 1.54) is 23.9 Å². The van der Waals surface area contributed by atoms with Gasteiger partial charge in [-0.15, -0.1) is 0 Å². The highest BCUT2D eigenvalue weighted by Gasteiger charge is 2.36. The number of benzene rings is 2. The summed E-state index contributed by atoms with van der Waals surface area (Å²) in [6, 6.07) is 15.7. The van der Waals surface area contributed by atoms with Crippen LogP contribution in [0.15, 0.2) is 67.0 Å². The third-order valence-electron chi connectivity index (χ3n) is 5.08. The van der Waals surface area contributed by atoms with Gasteiger partial charge in [0.2, 0.25) is 5.91 Å². The van der Waals surface area contributed by atoms with E-state index >= 15 is 0 Å². The number of carbonyl (C=O) groups is 1. The van der Waals surface area contributed by atoms with Crippen molar-refractivity contribution in [3.8, 4) is 11.5 Å². The molecule has 8 heteroatoms. The lowest BCUT2D eigenvalue weighted by Crippen LogP contribution is -2.31. The number of nitrogens with zero attached hydrogens (tertiary/aromatic N) is 2. The molecule has 0 aliphatic carbocycles. The van der Waals surface area contributed by atoms with Crippen LogP contribution in [0.1, 0.15) is 23.6 Å². The molecule has 3 aromatic rings. The number of pyridine rings is 1. The van der Waals surface area contributed by atoms with Crippen LogP contribution in [0.25, 0.3) is 0 Å². The van der Waals surface area contributed by atoms with Crippen molar-refractivity contribution in [1.82, 2.24) is 9.88 Å². The average Bonchev–Trinajstić information content (AvgIpc) is 3.07. The van der Waals surface area contributed by atoms with E-state index in [1.54, 1.807) is 29.4 Å². The number of thioether (sulfide) groups is 1. The van der Waals surface area contributed by atoms with E-state index in [-0.39, 0.29) is 23.6 Å². The van der Waals surface area contributed by atoms with Gasteiger partial charge < -0.3 is 9.47 Å². The monoisotopic (exact) mass is 482 g/mol. The maximum absolute atomic E-state index is 13.4. The normalized spacial score (nSPS) is 15.7. The molecule has 4 rings (SSSR count). The van der Waals surface area contributed by atoms with Crippen molar-refractivity contribution in [2.24, 2.45) is 0 Å². The minimum atomic E-state index is -0.300. The van der Waals surface area contributed by atoms with Gasteiger partial charge in [-0.05, 0) is 60.4 Å². The molecule has 33 heavy (non-hydrogen) atoms. The largest absolute Gasteiger partial charge is 0.490 e. The first-order valence-electron chi connectivity index (χ1n) is 10.6. The summed E-state index contributed by atoms with van der Waals surface area (Å²) in [6.45, 7) is 3.02. The van der Waals surface area contributed by atoms with Crippen molar-refractivity contribution in [2.45, 2.75) is 31.7 Å². The van der Waals surface area contributed by atoms with Crippen molar-refractivity contribution in [3.63, 3.8) is 0 Å². The SMILES string of the molecule is CCOc1cc(C[C@@H]2SC(=S)N(Cc3cccnc3)C2=O)ccc1OCc1cccc(F)c1. The summed E-state index contributed by atoms with van der Waals surface area (Å²) in [4.78, 5) is 18.7. The molecule has 5 nitrogen and oxygen atoms in total. The smallest absolute Gasteiger partial charge is 0.242 e. The zero-order valence-electron chi connectivity index (χ0n) is 18.1. The quantitative estimate of drug-likeness (QED) is 0.392. The Labute approximate surface area is 201 Å². The summed E-state index contributed by atoms with van der Waals surface area (Å²) in [5.41, 5.74) is 2.62. The molecule has 1 saturated heterocycles. The predicted octanol–water partition coefficient (Wildman–Crippen LogP) is 5.17. The van der Waals surface area contributed by atoms with Gasteiger partial charge in [-0.3, -0.25) is 14.7 Å². The molecule has 1 atom stereocenters. The maximum Gasteiger partial charge on any atom is 0.242 e. The van der Waals surface area contributed by atoms with E-state index in [9.17, 15) is 9.18 Å². The molecule has 1 aliphatic rings. The first kappa shape index (κ1) is 23.2. The van der Waals surface area contributed by atoms with E-state index in [1.807, 2.05) is 37.3 Å². The number of amides is 1. The minimum absolute atomic E-state index is 0.00163. The van der Waals surface area contributed by atoms with Crippen LogP contribution in [0.5, 0.6) is 11.5 Å². The molecule has 0 unspecified atom stereocenters. The molecule has 0 radical (unpaired) electrons. The van der Waals surface area contributed by atoms with Gasteiger partial charge in [0.15, 0.2) is 11.5 Å². The predicted molar refractivity (Wildman–Crippen MR) is 131 cm³/mol. The maximum atomic E-state index is 13.4. The summed E-state index contributed by atoms with van der Waals surface area (Å²) >= 11 is 6.87. The highest BCUT2D eigenvalue weighted by molar-refractivity contribution is 8.24. The van der Waals surface area contributed by atoms with Crippen molar-refractivity contribution in [3.05, 3.63) is 89.5 Å². The van der Waals surface area contributed by atoms with Gasteiger partial charge in [0, 0.05) is 12.4 Å². The summed E-state index contributed by atoms with van der Waals surface area (Å²) in [5, 5.41) is -0.289. The summed E-state index contributed by atoms with van der Waals surface area (Å²) < 4.78 is 25.6. The van der Waals surface area contributed by atoms with Crippen LogP contribution >= 0.6 is 24.0 Å². The zero-order chi connectivity index (χ0) is 23.2. The van der Waals surface area contributed by atoms with E-state index < -0.39 is 0 Å². The van der Waals surface area contributed by atoms with E-state index in [0.29, 0.717) is 35.4 Å². The van der Waals surface area contributed by atoms with Crippen molar-refractivity contribution < 1.29 is 18.7 Å². The standard InChI is InChI=1S/C25H23FN2O3S2/c1-2-30-22-12-17(8-9-21(22)31-16-18-5-3-7-20(26)11-18)13-23-24(29)28(25(32)33-23)15-19-6-4-10-27-14-19/h3-12,14,23H,2,13,15-16H2,1H3/t23-/m0/s1. The Morgan fingerprint density at radius 2 is 1.91 bits per heavy atom. The Bertz CT molecular complexity index is 1140. The Hall–Kier alpha value is -2.97. The van der Waals surface area contributed by atoms with Gasteiger partial charge in [-0.1, -0.05) is 48.2 Å². The Balaban J connectivity index is 1.44. The lowest BCUT2D eigenvalue weighted by molar-refractivity contribution is -0.126. The molecule has 2 heterocycles. The van der Waals surface area contributed by atoms with Gasteiger partial charge >= 0.3 is 0 Å². The molecule has 170 valence electrons. The number of aromatic nitrogens is 1. The van der Waals surface area contributed by atoms with Gasteiger partial charge in [0.25, 0.3) is 0 Å². The van der Waals surface area contributed by atoms with Gasteiger partial charge in [-0.25, -0.2) is 4.39 Å². The van der Waals surface area contributed by atoms with Crippen molar-refractivity contribution in [1.29, 1.82) is 0 Å². The van der Waals surface area contributed by atoms with Crippen LogP contribution in [-0.4, -0.2) is 32.0 Å². The first-order chi connectivity index (χ1) is 16.0. The van der Waals surface area contributed by atoms with Crippen molar-refractivity contribution in [2.75, 3.05) is 6.61 Å². The van der Waals surface area contributed by atoms with Crippen LogP contribution in [0, 0.1) is 5.82 Å². The molecule has 1 fully saturated rings. The molecule has 0 bridgehead atoms. The third-order valence-corrected chi connectivity index (χ3v) is 6.66. The third kappa shape index (κ3) is 5.89. The van der Waals surface area contributed by atoms with Crippen LogP contribution in [0.2, 0.25) is 0 Å². The fourth-order valence-electron chi connectivity index (χ4n) is 3.51. The summed E-state index contributed by atoms with van der Waals surface area (Å²) in [7, 11) is 0. The van der Waals surface area contributed by atoms with E-state index in [0.717, 1.165) is 16.7 Å². The second kappa shape index (κ2) is 10.8. The van der Waals surface area contributed by atoms with Gasteiger partial charge in [0.05, 0.1) is 18.4 Å². The molecule has 0 spiro atoms. The molecule has 0 N–H and O–H groups in total. The fourth-order valence-corrected chi connectivity index (χ4v) is 5.05. The number of hydrogen-bond donors (Lipinski definition) is 0.